The molecule has 2 aromatic rings. The molecule has 140 valence electrons. The number of rotatable bonds is 3. The topological polar surface area (TPSA) is 89.6 Å². The molecule has 1 saturated heterocycles. The molecule has 3 N–H and O–H groups in total. The van der Waals surface area contributed by atoms with Crippen LogP contribution in [0.5, 0.6) is 0 Å². The molecule has 8 heteroatoms. The van der Waals surface area contributed by atoms with Gasteiger partial charge in [-0.05, 0) is 37.3 Å². The van der Waals surface area contributed by atoms with E-state index in [1.165, 1.54) is 23.9 Å². The molecule has 27 heavy (non-hydrogen) atoms. The smallest absolute Gasteiger partial charge is 0.274 e. The first-order valence-electron chi connectivity index (χ1n) is 8.62. The summed E-state index contributed by atoms with van der Waals surface area (Å²) in [6.45, 7) is 2.23. The number of nitrogens with one attached hydrogen (secondary N) is 1. The maximum atomic E-state index is 14.8. The fourth-order valence-corrected chi connectivity index (χ4v) is 4.75. The standard InChI is InChI=1S/C19H19FN4O2S/c1-11-14-9-27-18(21)24-19(14,10-26-11)13-8-12(5-6-15(13)20)23-17(25)16-4-2-3-7-22-16/h2-8,11,14H,9-10H2,1H3,(H2,21,24)(H,23,25)/t11-,14-,19-/m1/s1. The Hall–Kier alpha value is -2.45. The second-order valence-corrected chi connectivity index (χ2v) is 7.71. The summed E-state index contributed by atoms with van der Waals surface area (Å²) in [7, 11) is 0. The summed E-state index contributed by atoms with van der Waals surface area (Å²) in [5.41, 5.74) is 6.24. The molecule has 6 nitrogen and oxygen atoms in total. The lowest BCUT2D eigenvalue weighted by Crippen LogP contribution is -2.41. The highest BCUT2D eigenvalue weighted by molar-refractivity contribution is 8.13. The number of ether oxygens (including phenoxy) is 1. The van der Waals surface area contributed by atoms with Crippen molar-refractivity contribution in [1.82, 2.24) is 4.98 Å². The minimum absolute atomic E-state index is 0.00559. The Morgan fingerprint density at radius 3 is 3.04 bits per heavy atom. The number of halogens is 1. The summed E-state index contributed by atoms with van der Waals surface area (Å²) < 4.78 is 20.6. The van der Waals surface area contributed by atoms with Crippen LogP contribution in [-0.2, 0) is 10.3 Å². The van der Waals surface area contributed by atoms with Gasteiger partial charge in [-0.1, -0.05) is 17.8 Å². The van der Waals surface area contributed by atoms with Crippen molar-refractivity contribution in [2.45, 2.75) is 18.6 Å². The predicted molar refractivity (Wildman–Crippen MR) is 103 cm³/mol. The number of carbonyl (C=O) groups is 1. The monoisotopic (exact) mass is 386 g/mol. The van der Waals surface area contributed by atoms with Gasteiger partial charge >= 0.3 is 0 Å². The van der Waals surface area contributed by atoms with Gasteiger partial charge in [-0.15, -0.1) is 0 Å². The minimum Gasteiger partial charge on any atom is -0.379 e. The van der Waals surface area contributed by atoms with E-state index in [0.717, 1.165) is 0 Å². The Morgan fingerprint density at radius 2 is 2.26 bits per heavy atom. The van der Waals surface area contributed by atoms with Crippen molar-refractivity contribution in [3.05, 3.63) is 59.7 Å². The molecular formula is C19H19FN4O2S. The highest BCUT2D eigenvalue weighted by atomic mass is 32.2. The molecule has 0 aliphatic carbocycles. The van der Waals surface area contributed by atoms with Crippen LogP contribution in [0.25, 0.3) is 0 Å². The first kappa shape index (κ1) is 17.9. The van der Waals surface area contributed by atoms with Crippen LogP contribution >= 0.6 is 11.8 Å². The molecule has 2 aliphatic heterocycles. The van der Waals surface area contributed by atoms with Gasteiger partial charge in [0, 0.05) is 29.1 Å². The zero-order valence-corrected chi connectivity index (χ0v) is 15.5. The van der Waals surface area contributed by atoms with E-state index in [1.807, 2.05) is 6.92 Å². The maximum absolute atomic E-state index is 14.8. The summed E-state index contributed by atoms with van der Waals surface area (Å²) in [5, 5.41) is 3.19. The SMILES string of the molecule is C[C@H]1OC[C@]2(c3cc(NC(=O)c4ccccn4)ccc3F)N=C(N)SC[C@H]12. The van der Waals surface area contributed by atoms with Gasteiger partial charge in [0.15, 0.2) is 5.17 Å². The molecule has 2 aliphatic rings. The van der Waals surface area contributed by atoms with Gasteiger partial charge in [-0.25, -0.2) is 9.38 Å². The van der Waals surface area contributed by atoms with Crippen LogP contribution in [0.1, 0.15) is 23.0 Å². The fraction of sp³-hybridized carbons (Fsp3) is 0.316. The molecule has 3 heterocycles. The van der Waals surface area contributed by atoms with Crippen LogP contribution in [0, 0.1) is 11.7 Å². The summed E-state index contributed by atoms with van der Waals surface area (Å²) >= 11 is 1.46. The molecule has 0 saturated carbocycles. The Morgan fingerprint density at radius 1 is 1.41 bits per heavy atom. The van der Waals surface area contributed by atoms with Crippen LogP contribution in [0.4, 0.5) is 10.1 Å². The highest BCUT2D eigenvalue weighted by Gasteiger charge is 2.52. The Labute approximate surface area is 160 Å². The normalized spacial score (nSPS) is 27.0. The number of hydrogen-bond acceptors (Lipinski definition) is 6. The minimum atomic E-state index is -0.870. The number of fused-ring (bicyclic) bond motifs is 1. The second-order valence-electron chi connectivity index (χ2n) is 6.67. The first-order valence-corrected chi connectivity index (χ1v) is 9.60. The number of anilines is 1. The van der Waals surface area contributed by atoms with Crippen LogP contribution in [-0.4, -0.2) is 34.5 Å². The number of hydrogen-bond donors (Lipinski definition) is 2. The molecule has 0 bridgehead atoms. The van der Waals surface area contributed by atoms with Crippen molar-refractivity contribution in [1.29, 1.82) is 0 Å². The lowest BCUT2D eigenvalue weighted by atomic mass is 9.79. The summed E-state index contributed by atoms with van der Waals surface area (Å²) in [6.07, 6.45) is 1.49. The van der Waals surface area contributed by atoms with Gasteiger partial charge in [-0.3, -0.25) is 9.78 Å². The molecule has 1 aromatic heterocycles. The van der Waals surface area contributed by atoms with E-state index in [9.17, 15) is 9.18 Å². The molecule has 3 atom stereocenters. The summed E-state index contributed by atoms with van der Waals surface area (Å²) in [4.78, 5) is 21.0. The van der Waals surface area contributed by atoms with Gasteiger partial charge in [0.25, 0.3) is 5.91 Å². The molecular weight excluding hydrogens is 367 g/mol. The highest BCUT2D eigenvalue weighted by Crippen LogP contribution is 2.48. The van der Waals surface area contributed by atoms with E-state index in [2.05, 4.69) is 15.3 Å². The number of nitrogens with zero attached hydrogens (tertiary/aromatic N) is 2. The van der Waals surface area contributed by atoms with Crippen LogP contribution < -0.4 is 11.1 Å². The molecule has 0 unspecified atom stereocenters. The number of amides is 1. The molecule has 0 spiro atoms. The van der Waals surface area contributed by atoms with Gasteiger partial charge in [0.05, 0.1) is 12.7 Å². The quantitative estimate of drug-likeness (QED) is 0.847. The van der Waals surface area contributed by atoms with E-state index < -0.39 is 11.4 Å². The van der Waals surface area contributed by atoms with Crippen molar-refractivity contribution in [3.63, 3.8) is 0 Å². The van der Waals surface area contributed by atoms with Crippen molar-refractivity contribution < 1.29 is 13.9 Å². The van der Waals surface area contributed by atoms with E-state index in [1.54, 1.807) is 30.5 Å². The van der Waals surface area contributed by atoms with E-state index in [-0.39, 0.29) is 30.2 Å². The third-order valence-electron chi connectivity index (χ3n) is 5.05. The third kappa shape index (κ3) is 3.19. The van der Waals surface area contributed by atoms with Crippen LogP contribution in [0.15, 0.2) is 47.6 Å². The van der Waals surface area contributed by atoms with Crippen LogP contribution in [0.2, 0.25) is 0 Å². The summed E-state index contributed by atoms with van der Waals surface area (Å²) in [5.74, 6) is -0.0380. The van der Waals surface area contributed by atoms with Gasteiger partial charge in [0.2, 0.25) is 0 Å². The van der Waals surface area contributed by atoms with E-state index >= 15 is 0 Å². The molecule has 1 fully saturated rings. The zero-order valence-electron chi connectivity index (χ0n) is 14.7. The van der Waals surface area contributed by atoms with E-state index in [0.29, 0.717) is 22.2 Å². The molecule has 1 amide bonds. The maximum Gasteiger partial charge on any atom is 0.274 e. The molecule has 0 radical (unpaired) electrons. The molecule has 4 rings (SSSR count). The number of nitrogens with two attached hydrogens (primary N) is 1. The number of thioether (sulfide) groups is 1. The van der Waals surface area contributed by atoms with Gasteiger partial charge in [0.1, 0.15) is 17.1 Å². The lowest BCUT2D eigenvalue weighted by molar-refractivity contribution is 0.102. The molecule has 1 aromatic carbocycles. The first-order chi connectivity index (χ1) is 13.0. The predicted octanol–water partition coefficient (Wildman–Crippen LogP) is 2.76. The van der Waals surface area contributed by atoms with Crippen molar-refractivity contribution in [3.8, 4) is 0 Å². The van der Waals surface area contributed by atoms with Crippen molar-refractivity contribution in [2.24, 2.45) is 16.6 Å². The Balaban J connectivity index is 1.70. The number of amidine groups is 1. The third-order valence-corrected chi connectivity index (χ3v) is 5.97. The Kier molecular flexibility index (Phi) is 4.61. The lowest BCUT2D eigenvalue weighted by Gasteiger charge is -2.35. The average molecular weight is 386 g/mol. The summed E-state index contributed by atoms with van der Waals surface area (Å²) in [6, 6.07) is 9.56. The largest absolute Gasteiger partial charge is 0.379 e. The zero-order chi connectivity index (χ0) is 19.0. The second kappa shape index (κ2) is 6.94. The van der Waals surface area contributed by atoms with Crippen molar-refractivity contribution >= 4 is 28.5 Å². The number of benzene rings is 1. The average Bonchev–Trinajstić information content (AvgIpc) is 3.00. The van der Waals surface area contributed by atoms with E-state index in [4.69, 9.17) is 10.5 Å². The fourth-order valence-electron chi connectivity index (χ4n) is 3.63. The number of pyridine rings is 1. The van der Waals surface area contributed by atoms with Crippen molar-refractivity contribution in [2.75, 3.05) is 17.7 Å². The van der Waals surface area contributed by atoms with Crippen LogP contribution in [0.3, 0.4) is 0 Å². The Bertz CT molecular complexity index is 908. The number of aliphatic imine (C=N–C) groups is 1. The van der Waals surface area contributed by atoms with Gasteiger partial charge in [-0.2, -0.15) is 0 Å². The number of aromatic nitrogens is 1. The van der Waals surface area contributed by atoms with Gasteiger partial charge < -0.3 is 15.8 Å². The number of carbonyl (C=O) groups excluding carboxylic acids is 1.